The summed E-state index contributed by atoms with van der Waals surface area (Å²) < 4.78 is 0. The third kappa shape index (κ3) is 3.47. The van der Waals surface area contributed by atoms with Crippen molar-refractivity contribution in [2.75, 3.05) is 7.05 Å². The van der Waals surface area contributed by atoms with E-state index < -0.39 is 5.54 Å². The third-order valence-corrected chi connectivity index (χ3v) is 4.89. The van der Waals surface area contributed by atoms with Gasteiger partial charge in [-0.25, -0.2) is 0 Å². The van der Waals surface area contributed by atoms with E-state index in [1.807, 2.05) is 43.3 Å². The third-order valence-electron chi connectivity index (χ3n) is 4.89. The Morgan fingerprint density at radius 3 is 2.52 bits per heavy atom. The lowest BCUT2D eigenvalue weighted by Crippen LogP contribution is -2.64. The number of likely N-dealkylation sites (N-methyl/N-ethyl adjacent to an activating group) is 1. The van der Waals surface area contributed by atoms with Crippen LogP contribution in [0, 0.1) is 18.3 Å². The van der Waals surface area contributed by atoms with E-state index in [4.69, 9.17) is 0 Å². The van der Waals surface area contributed by atoms with Crippen LogP contribution in [0.5, 0.6) is 0 Å². The van der Waals surface area contributed by atoms with Gasteiger partial charge in [-0.3, -0.25) is 9.59 Å². The van der Waals surface area contributed by atoms with Crippen molar-refractivity contribution >= 4 is 17.9 Å². The summed E-state index contributed by atoms with van der Waals surface area (Å²) in [6, 6.07) is 17.1. The predicted molar refractivity (Wildman–Crippen MR) is 103 cm³/mol. The molecule has 2 aromatic carbocycles. The van der Waals surface area contributed by atoms with Crippen LogP contribution in [0.3, 0.4) is 0 Å². The van der Waals surface area contributed by atoms with Gasteiger partial charge >= 0.3 is 0 Å². The summed E-state index contributed by atoms with van der Waals surface area (Å²) in [6.07, 6.45) is 2.02. The van der Waals surface area contributed by atoms with E-state index in [2.05, 4.69) is 11.4 Å². The molecule has 1 heterocycles. The van der Waals surface area contributed by atoms with Crippen LogP contribution >= 0.6 is 0 Å². The molecule has 2 amide bonds. The molecule has 3 rings (SSSR count). The van der Waals surface area contributed by atoms with Gasteiger partial charge in [0.05, 0.1) is 11.6 Å². The molecule has 27 heavy (non-hydrogen) atoms. The van der Waals surface area contributed by atoms with Crippen LogP contribution in [-0.4, -0.2) is 29.3 Å². The fraction of sp³-hybridized carbons (Fsp3) is 0.227. The highest BCUT2D eigenvalue weighted by Gasteiger charge is 2.44. The molecular formula is C22H21N3O2. The van der Waals surface area contributed by atoms with E-state index in [0.717, 1.165) is 11.1 Å². The van der Waals surface area contributed by atoms with E-state index in [-0.39, 0.29) is 17.5 Å². The van der Waals surface area contributed by atoms with Gasteiger partial charge in [0.1, 0.15) is 11.2 Å². The molecular weight excluding hydrogens is 338 g/mol. The number of carbonyl (C=O) groups is 2. The normalized spacial score (nSPS) is 21.1. The molecule has 0 bridgehead atoms. The number of aryl methyl sites for hydroxylation is 1. The number of carbonyl (C=O) groups excluding carboxylic acids is 2. The molecule has 1 saturated heterocycles. The van der Waals surface area contributed by atoms with Crippen molar-refractivity contribution in [3.63, 3.8) is 0 Å². The molecule has 0 aromatic heterocycles. The zero-order chi connectivity index (χ0) is 19.6. The first-order valence-electron chi connectivity index (χ1n) is 8.72. The average molecular weight is 359 g/mol. The summed E-state index contributed by atoms with van der Waals surface area (Å²) in [6.45, 7) is 3.61. The lowest BCUT2D eigenvalue weighted by atomic mass is 9.88. The second-order valence-corrected chi connectivity index (χ2v) is 6.99. The number of rotatable bonds is 3. The molecule has 1 N–H and O–H groups in total. The van der Waals surface area contributed by atoms with E-state index in [1.54, 1.807) is 32.2 Å². The van der Waals surface area contributed by atoms with Crippen molar-refractivity contribution in [3.8, 4) is 6.07 Å². The van der Waals surface area contributed by atoms with Crippen LogP contribution in [-0.2, 0) is 16.0 Å². The van der Waals surface area contributed by atoms with Crippen LogP contribution in [0.25, 0.3) is 6.08 Å². The van der Waals surface area contributed by atoms with Crippen LogP contribution in [0.2, 0.25) is 0 Å². The van der Waals surface area contributed by atoms with E-state index >= 15 is 0 Å². The minimum atomic E-state index is -1.02. The van der Waals surface area contributed by atoms with Crippen LogP contribution in [0.4, 0.5) is 0 Å². The summed E-state index contributed by atoms with van der Waals surface area (Å²) in [7, 11) is 1.60. The lowest BCUT2D eigenvalue weighted by Gasteiger charge is -2.39. The van der Waals surface area contributed by atoms with Gasteiger partial charge in [-0.15, -0.1) is 0 Å². The average Bonchev–Trinajstić information content (AvgIpc) is 2.65. The predicted octanol–water partition coefficient (Wildman–Crippen LogP) is 2.80. The number of nitrogens with zero attached hydrogens (tertiary/aromatic N) is 2. The topological polar surface area (TPSA) is 73.2 Å². The standard InChI is InChI=1S/C22H21N3O2/c1-15-8-7-11-17(14-23)18(15)12-19-20(26)24-22(2,21(27)25(19)3)13-16-9-5-4-6-10-16/h4-12H,13H2,1-3H3,(H,24,26). The zero-order valence-electron chi connectivity index (χ0n) is 15.6. The minimum absolute atomic E-state index is 0.190. The van der Waals surface area contributed by atoms with Crippen LogP contribution < -0.4 is 5.32 Å². The first-order chi connectivity index (χ1) is 12.9. The summed E-state index contributed by atoms with van der Waals surface area (Å²) in [5.41, 5.74) is 2.17. The van der Waals surface area contributed by atoms with Gasteiger partial charge in [0.25, 0.3) is 11.8 Å². The van der Waals surface area contributed by atoms with Gasteiger partial charge in [-0.05, 0) is 42.7 Å². The Morgan fingerprint density at radius 1 is 1.15 bits per heavy atom. The Hall–Kier alpha value is -3.39. The van der Waals surface area contributed by atoms with Crippen LogP contribution in [0.15, 0.2) is 54.2 Å². The summed E-state index contributed by atoms with van der Waals surface area (Å²) >= 11 is 0. The number of benzene rings is 2. The Labute approximate surface area is 158 Å². The summed E-state index contributed by atoms with van der Waals surface area (Å²) in [5.74, 6) is -0.521. The number of nitriles is 1. The number of nitrogens with one attached hydrogen (secondary N) is 1. The molecule has 0 spiro atoms. The number of hydrogen-bond acceptors (Lipinski definition) is 3. The molecule has 0 aliphatic carbocycles. The van der Waals surface area contributed by atoms with Gasteiger partial charge in [0.2, 0.25) is 0 Å². The zero-order valence-corrected chi connectivity index (χ0v) is 15.6. The second-order valence-electron chi connectivity index (χ2n) is 6.99. The molecule has 136 valence electrons. The van der Waals surface area contributed by atoms with Gasteiger partial charge in [0, 0.05) is 13.5 Å². The fourth-order valence-electron chi connectivity index (χ4n) is 3.39. The van der Waals surface area contributed by atoms with E-state index in [9.17, 15) is 14.9 Å². The Kier molecular flexibility index (Phi) is 4.83. The van der Waals surface area contributed by atoms with Gasteiger partial charge in [0.15, 0.2) is 0 Å². The second kappa shape index (κ2) is 7.08. The Bertz CT molecular complexity index is 973. The minimum Gasteiger partial charge on any atom is -0.336 e. The quantitative estimate of drug-likeness (QED) is 0.857. The highest BCUT2D eigenvalue weighted by atomic mass is 16.2. The molecule has 5 nitrogen and oxygen atoms in total. The first-order valence-corrected chi connectivity index (χ1v) is 8.72. The molecule has 5 heteroatoms. The van der Waals surface area contributed by atoms with Crippen molar-refractivity contribution in [3.05, 3.63) is 76.5 Å². The molecule has 1 atom stereocenters. The maximum atomic E-state index is 13.0. The van der Waals surface area contributed by atoms with E-state index in [1.165, 1.54) is 4.90 Å². The van der Waals surface area contributed by atoms with Gasteiger partial charge in [-0.2, -0.15) is 5.26 Å². The summed E-state index contributed by atoms with van der Waals surface area (Å²) in [4.78, 5) is 27.2. The maximum Gasteiger partial charge on any atom is 0.268 e. The van der Waals surface area contributed by atoms with Gasteiger partial charge < -0.3 is 10.2 Å². The Morgan fingerprint density at radius 2 is 1.85 bits per heavy atom. The number of hydrogen-bond donors (Lipinski definition) is 1. The molecule has 2 aromatic rings. The van der Waals surface area contributed by atoms with E-state index in [0.29, 0.717) is 17.5 Å². The largest absolute Gasteiger partial charge is 0.336 e. The fourth-order valence-corrected chi connectivity index (χ4v) is 3.39. The first kappa shape index (κ1) is 18.4. The summed E-state index contributed by atoms with van der Waals surface area (Å²) in [5, 5.41) is 12.2. The monoisotopic (exact) mass is 359 g/mol. The highest BCUT2D eigenvalue weighted by molar-refractivity contribution is 6.09. The van der Waals surface area contributed by atoms with Crippen molar-refractivity contribution in [1.82, 2.24) is 10.2 Å². The number of amides is 2. The molecule has 1 unspecified atom stereocenters. The SMILES string of the molecule is Cc1cccc(C#N)c1C=C1C(=O)NC(C)(Cc2ccccc2)C(=O)N1C. The number of piperazine rings is 1. The molecule has 1 aliphatic heterocycles. The van der Waals surface area contributed by atoms with Crippen molar-refractivity contribution in [2.24, 2.45) is 0 Å². The van der Waals surface area contributed by atoms with Crippen LogP contribution in [0.1, 0.15) is 29.2 Å². The van der Waals surface area contributed by atoms with Crippen molar-refractivity contribution < 1.29 is 9.59 Å². The lowest BCUT2D eigenvalue weighted by molar-refractivity contribution is -0.143. The highest BCUT2D eigenvalue weighted by Crippen LogP contribution is 2.26. The maximum absolute atomic E-state index is 13.0. The molecule has 0 saturated carbocycles. The van der Waals surface area contributed by atoms with Gasteiger partial charge in [-0.1, -0.05) is 42.5 Å². The van der Waals surface area contributed by atoms with Crippen molar-refractivity contribution in [1.29, 1.82) is 5.26 Å². The smallest absolute Gasteiger partial charge is 0.268 e. The van der Waals surface area contributed by atoms with Crippen molar-refractivity contribution in [2.45, 2.75) is 25.8 Å². The molecule has 1 aliphatic rings. The molecule has 0 radical (unpaired) electrons. The Balaban J connectivity index is 1.96. The molecule has 1 fully saturated rings.